The van der Waals surface area contributed by atoms with Gasteiger partial charge in [-0.1, -0.05) is 55.0 Å². The van der Waals surface area contributed by atoms with Crippen molar-refractivity contribution in [2.75, 3.05) is 18.0 Å². The molecular formula is C27H28N2O. The molecule has 0 aromatic heterocycles. The van der Waals surface area contributed by atoms with Crippen LogP contribution in [0.5, 0.6) is 0 Å². The Morgan fingerprint density at radius 1 is 0.700 bits per heavy atom. The number of anilines is 2. The van der Waals surface area contributed by atoms with Crippen molar-refractivity contribution in [2.24, 2.45) is 0 Å². The SMILES string of the molecule is O=C(c1ccc(CN2CCCCC2)cc1)N1c2ccccc2CCc2ccccc21. The van der Waals surface area contributed by atoms with Crippen LogP contribution in [0, 0.1) is 0 Å². The van der Waals surface area contributed by atoms with Crippen molar-refractivity contribution in [1.29, 1.82) is 0 Å². The quantitative estimate of drug-likeness (QED) is 0.563. The molecule has 2 aliphatic heterocycles. The Morgan fingerprint density at radius 3 is 1.87 bits per heavy atom. The van der Waals surface area contributed by atoms with Crippen LogP contribution in [0.4, 0.5) is 11.4 Å². The van der Waals surface area contributed by atoms with Crippen molar-refractivity contribution < 1.29 is 4.79 Å². The van der Waals surface area contributed by atoms with Crippen LogP contribution in [0.15, 0.2) is 72.8 Å². The van der Waals surface area contributed by atoms with Gasteiger partial charge in [-0.15, -0.1) is 0 Å². The summed E-state index contributed by atoms with van der Waals surface area (Å²) in [5.74, 6) is 0.0429. The zero-order chi connectivity index (χ0) is 20.3. The fourth-order valence-corrected chi connectivity index (χ4v) is 4.76. The Kier molecular flexibility index (Phi) is 5.37. The first kappa shape index (κ1) is 19.1. The Labute approximate surface area is 178 Å². The van der Waals surface area contributed by atoms with Gasteiger partial charge in [-0.2, -0.15) is 0 Å². The van der Waals surface area contributed by atoms with Crippen LogP contribution in [0.25, 0.3) is 0 Å². The maximum Gasteiger partial charge on any atom is 0.262 e. The van der Waals surface area contributed by atoms with Crippen LogP contribution in [0.2, 0.25) is 0 Å². The Hall–Kier alpha value is -2.91. The van der Waals surface area contributed by atoms with Crippen LogP contribution in [0.1, 0.15) is 46.3 Å². The molecule has 2 heterocycles. The fraction of sp³-hybridized carbons (Fsp3) is 0.296. The lowest BCUT2D eigenvalue weighted by molar-refractivity contribution is 0.0999. The number of fused-ring (bicyclic) bond motifs is 2. The first-order valence-electron chi connectivity index (χ1n) is 11.1. The van der Waals surface area contributed by atoms with Crippen molar-refractivity contribution in [2.45, 2.75) is 38.6 Å². The Bertz CT molecular complexity index is 987. The van der Waals surface area contributed by atoms with E-state index in [0.29, 0.717) is 0 Å². The Morgan fingerprint density at radius 2 is 1.27 bits per heavy atom. The lowest BCUT2D eigenvalue weighted by atomic mass is 10.0. The van der Waals surface area contributed by atoms with E-state index in [4.69, 9.17) is 0 Å². The normalized spacial score (nSPS) is 16.5. The number of aryl methyl sites for hydroxylation is 2. The molecule has 5 rings (SSSR count). The molecule has 152 valence electrons. The number of likely N-dealkylation sites (tertiary alicyclic amines) is 1. The van der Waals surface area contributed by atoms with Gasteiger partial charge in [0.1, 0.15) is 0 Å². The smallest absolute Gasteiger partial charge is 0.262 e. The summed E-state index contributed by atoms with van der Waals surface area (Å²) in [6, 6.07) is 24.8. The standard InChI is InChI=1S/C27H28N2O/c30-27(24-14-12-21(13-15-24)20-28-18-6-1-7-19-28)29-25-10-4-2-8-22(25)16-17-23-9-3-5-11-26(23)29/h2-5,8-15H,1,6-7,16-20H2. The lowest BCUT2D eigenvalue weighted by Gasteiger charge is -2.27. The number of hydrogen-bond acceptors (Lipinski definition) is 2. The van der Waals surface area contributed by atoms with E-state index in [2.05, 4.69) is 53.4 Å². The Balaban J connectivity index is 1.45. The van der Waals surface area contributed by atoms with Gasteiger partial charge in [-0.3, -0.25) is 14.6 Å². The summed E-state index contributed by atoms with van der Waals surface area (Å²) in [5, 5.41) is 0. The average molecular weight is 397 g/mol. The summed E-state index contributed by atoms with van der Waals surface area (Å²) >= 11 is 0. The van der Waals surface area contributed by atoms with E-state index in [1.54, 1.807) is 0 Å². The van der Waals surface area contributed by atoms with Crippen LogP contribution in [-0.2, 0) is 19.4 Å². The molecule has 0 unspecified atom stereocenters. The van der Waals surface area contributed by atoms with E-state index in [1.807, 2.05) is 29.2 Å². The highest BCUT2D eigenvalue weighted by atomic mass is 16.2. The summed E-state index contributed by atoms with van der Waals surface area (Å²) in [6.45, 7) is 3.34. The summed E-state index contributed by atoms with van der Waals surface area (Å²) in [5.41, 5.74) is 6.48. The van der Waals surface area contributed by atoms with Crippen LogP contribution in [0.3, 0.4) is 0 Å². The molecule has 30 heavy (non-hydrogen) atoms. The van der Waals surface area contributed by atoms with Gasteiger partial charge in [-0.25, -0.2) is 0 Å². The van der Waals surface area contributed by atoms with Gasteiger partial charge >= 0.3 is 0 Å². The number of para-hydroxylation sites is 2. The third kappa shape index (κ3) is 3.78. The number of carbonyl (C=O) groups excluding carboxylic acids is 1. The van der Waals surface area contributed by atoms with Gasteiger partial charge in [0.25, 0.3) is 5.91 Å². The van der Waals surface area contributed by atoms with Gasteiger partial charge in [0.15, 0.2) is 0 Å². The van der Waals surface area contributed by atoms with Gasteiger partial charge in [0.05, 0.1) is 11.4 Å². The topological polar surface area (TPSA) is 23.6 Å². The van der Waals surface area contributed by atoms with Crippen molar-refractivity contribution in [3.8, 4) is 0 Å². The third-order valence-electron chi connectivity index (χ3n) is 6.39. The second-order valence-electron chi connectivity index (χ2n) is 8.43. The molecule has 0 saturated carbocycles. The summed E-state index contributed by atoms with van der Waals surface area (Å²) < 4.78 is 0. The number of benzene rings is 3. The fourth-order valence-electron chi connectivity index (χ4n) is 4.76. The van der Waals surface area contributed by atoms with E-state index < -0.39 is 0 Å². The van der Waals surface area contributed by atoms with Crippen LogP contribution < -0.4 is 4.90 Å². The highest BCUT2D eigenvalue weighted by Gasteiger charge is 2.26. The van der Waals surface area contributed by atoms with E-state index >= 15 is 0 Å². The molecule has 0 radical (unpaired) electrons. The molecule has 2 aliphatic rings. The van der Waals surface area contributed by atoms with E-state index in [9.17, 15) is 4.79 Å². The molecule has 1 fully saturated rings. The first-order valence-corrected chi connectivity index (χ1v) is 11.1. The zero-order valence-corrected chi connectivity index (χ0v) is 17.4. The molecule has 0 N–H and O–H groups in total. The minimum atomic E-state index is 0.0429. The molecule has 3 nitrogen and oxygen atoms in total. The van der Waals surface area contributed by atoms with Crippen molar-refractivity contribution >= 4 is 17.3 Å². The second kappa shape index (κ2) is 8.45. The third-order valence-corrected chi connectivity index (χ3v) is 6.39. The predicted molar refractivity (Wildman–Crippen MR) is 122 cm³/mol. The second-order valence-corrected chi connectivity index (χ2v) is 8.43. The average Bonchev–Trinajstić information content (AvgIpc) is 2.97. The number of hydrogen-bond donors (Lipinski definition) is 0. The molecule has 0 spiro atoms. The number of rotatable bonds is 3. The van der Waals surface area contributed by atoms with Gasteiger partial charge in [-0.05, 0) is 79.7 Å². The molecule has 1 saturated heterocycles. The van der Waals surface area contributed by atoms with Gasteiger partial charge in [0, 0.05) is 12.1 Å². The molecule has 3 aromatic rings. The highest BCUT2D eigenvalue weighted by molar-refractivity contribution is 6.12. The van der Waals surface area contributed by atoms with Crippen molar-refractivity contribution in [3.05, 3.63) is 95.1 Å². The summed E-state index contributed by atoms with van der Waals surface area (Å²) in [4.78, 5) is 18.1. The minimum Gasteiger partial charge on any atom is -0.299 e. The van der Waals surface area contributed by atoms with E-state index in [1.165, 1.54) is 49.0 Å². The molecule has 1 amide bonds. The van der Waals surface area contributed by atoms with Gasteiger partial charge in [0.2, 0.25) is 0 Å². The summed E-state index contributed by atoms with van der Waals surface area (Å²) in [6.07, 6.45) is 5.84. The maximum atomic E-state index is 13.7. The number of carbonyl (C=O) groups is 1. The molecule has 3 heteroatoms. The molecule has 3 aromatic carbocycles. The van der Waals surface area contributed by atoms with Crippen molar-refractivity contribution in [3.63, 3.8) is 0 Å². The largest absolute Gasteiger partial charge is 0.299 e. The van der Waals surface area contributed by atoms with Crippen LogP contribution >= 0.6 is 0 Å². The van der Waals surface area contributed by atoms with E-state index in [-0.39, 0.29) is 5.91 Å². The number of amides is 1. The highest BCUT2D eigenvalue weighted by Crippen LogP contribution is 2.37. The molecule has 0 bridgehead atoms. The molecule has 0 atom stereocenters. The first-order chi connectivity index (χ1) is 14.8. The predicted octanol–water partition coefficient (Wildman–Crippen LogP) is 5.75. The lowest BCUT2D eigenvalue weighted by Crippen LogP contribution is -2.29. The summed E-state index contributed by atoms with van der Waals surface area (Å²) in [7, 11) is 0. The molecular weight excluding hydrogens is 368 g/mol. The zero-order valence-electron chi connectivity index (χ0n) is 17.4. The van der Waals surface area contributed by atoms with E-state index in [0.717, 1.165) is 36.3 Å². The van der Waals surface area contributed by atoms with Gasteiger partial charge < -0.3 is 0 Å². The minimum absolute atomic E-state index is 0.0429. The maximum absolute atomic E-state index is 13.7. The number of piperidine rings is 1. The monoisotopic (exact) mass is 396 g/mol. The molecule has 0 aliphatic carbocycles. The number of nitrogens with zero attached hydrogens (tertiary/aromatic N) is 2. The van der Waals surface area contributed by atoms with Crippen LogP contribution in [-0.4, -0.2) is 23.9 Å². The van der Waals surface area contributed by atoms with Crippen molar-refractivity contribution in [1.82, 2.24) is 4.90 Å².